The number of H-pyrrole nitrogens is 1. The minimum atomic E-state index is -1.50. The zero-order chi connectivity index (χ0) is 19.4. The van der Waals surface area contributed by atoms with E-state index in [0.29, 0.717) is 23.1 Å². The number of aliphatic imine (C=N–C) groups is 1. The van der Waals surface area contributed by atoms with Crippen LogP contribution >= 0.6 is 11.8 Å². The molecule has 27 heavy (non-hydrogen) atoms. The Morgan fingerprint density at radius 2 is 2.00 bits per heavy atom. The first-order valence-electron chi connectivity index (χ1n) is 8.27. The Morgan fingerprint density at radius 3 is 2.59 bits per heavy atom. The highest BCUT2D eigenvalue weighted by Gasteiger charge is 2.38. The van der Waals surface area contributed by atoms with Gasteiger partial charge in [0.15, 0.2) is 11.1 Å². The number of carbonyl (C=O) groups excluding carboxylic acids is 3. The van der Waals surface area contributed by atoms with Crippen LogP contribution in [0.15, 0.2) is 35.5 Å². The van der Waals surface area contributed by atoms with Crippen molar-refractivity contribution in [1.82, 2.24) is 20.7 Å². The molecule has 1 unspecified atom stereocenters. The number of nitrogens with one attached hydrogen (secondary N) is 3. The Morgan fingerprint density at radius 1 is 1.26 bits per heavy atom. The van der Waals surface area contributed by atoms with Crippen LogP contribution in [0.1, 0.15) is 13.8 Å². The van der Waals surface area contributed by atoms with E-state index in [2.05, 4.69) is 31.0 Å². The molecule has 0 saturated carbocycles. The Balaban J connectivity index is 1.65. The predicted octanol–water partition coefficient (Wildman–Crippen LogP) is 1.43. The number of hydrogen-bond acceptors (Lipinski definition) is 6. The largest absolute Gasteiger partial charge is 0.325 e. The van der Waals surface area contributed by atoms with Crippen molar-refractivity contribution < 1.29 is 14.4 Å². The van der Waals surface area contributed by atoms with Gasteiger partial charge < -0.3 is 10.6 Å². The fraction of sp³-hybridized carbons (Fsp3) is 0.294. The monoisotopic (exact) mass is 386 g/mol. The Bertz CT molecular complexity index is 877. The summed E-state index contributed by atoms with van der Waals surface area (Å²) in [6.07, 6.45) is 1.57. The molecule has 0 bridgehead atoms. The summed E-state index contributed by atoms with van der Waals surface area (Å²) < 4.78 is 0. The van der Waals surface area contributed by atoms with E-state index in [1.165, 1.54) is 11.8 Å². The van der Waals surface area contributed by atoms with Crippen molar-refractivity contribution in [2.24, 2.45) is 16.8 Å². The molecule has 3 amide bonds. The fourth-order valence-electron chi connectivity index (χ4n) is 2.31. The molecule has 1 aliphatic rings. The summed E-state index contributed by atoms with van der Waals surface area (Å²) in [5.41, 5.74) is 1.93. The molecule has 1 atom stereocenters. The number of anilines is 1. The van der Waals surface area contributed by atoms with E-state index in [9.17, 15) is 14.4 Å². The average Bonchev–Trinajstić information content (AvgIpc) is 3.14. The summed E-state index contributed by atoms with van der Waals surface area (Å²) in [5.74, 6) is -2.56. The fourth-order valence-corrected chi connectivity index (χ4v) is 3.13. The molecule has 0 fully saturated rings. The van der Waals surface area contributed by atoms with E-state index in [1.54, 1.807) is 30.5 Å². The summed E-state index contributed by atoms with van der Waals surface area (Å²) in [5, 5.41) is 15.5. The number of aromatic nitrogens is 3. The van der Waals surface area contributed by atoms with Crippen LogP contribution in [-0.4, -0.2) is 44.1 Å². The second kappa shape index (κ2) is 8.12. The topological polar surface area (TPSA) is 129 Å². The first kappa shape index (κ1) is 18.8. The maximum atomic E-state index is 12.4. The van der Waals surface area contributed by atoms with Crippen molar-refractivity contribution in [2.45, 2.75) is 13.8 Å². The van der Waals surface area contributed by atoms with Crippen molar-refractivity contribution >= 4 is 40.3 Å². The zero-order valence-corrected chi connectivity index (χ0v) is 15.5. The molecule has 0 saturated heterocycles. The number of rotatable bonds is 5. The summed E-state index contributed by atoms with van der Waals surface area (Å²) in [7, 11) is 0. The standard InChI is InChI=1S/C17H18N6O3S/c1-9(2)8-27-17-20-15(25)13(16(26)21-17)14(24)19-11-5-3-10(4-6-11)12-7-18-23-22-12/h3-7,9,13H,8H2,1-2H3,(H,19,24)(H,18,22,23)(H,20,21,25,26). The summed E-state index contributed by atoms with van der Waals surface area (Å²) in [6, 6.07) is 6.80. The van der Waals surface area contributed by atoms with Gasteiger partial charge in [-0.1, -0.05) is 37.7 Å². The highest BCUT2D eigenvalue weighted by molar-refractivity contribution is 8.13. The molecule has 1 aliphatic heterocycles. The van der Waals surface area contributed by atoms with Crippen LogP contribution < -0.4 is 10.6 Å². The molecule has 1 aromatic heterocycles. The van der Waals surface area contributed by atoms with Gasteiger partial charge in [0.25, 0.3) is 5.91 Å². The van der Waals surface area contributed by atoms with Crippen molar-refractivity contribution in [3.05, 3.63) is 30.5 Å². The quantitative estimate of drug-likeness (QED) is 0.667. The van der Waals surface area contributed by atoms with Gasteiger partial charge in [-0.25, -0.2) is 0 Å². The lowest BCUT2D eigenvalue weighted by Gasteiger charge is -2.19. The van der Waals surface area contributed by atoms with Crippen molar-refractivity contribution in [1.29, 1.82) is 0 Å². The Labute approximate surface area is 159 Å². The molecule has 0 radical (unpaired) electrons. The molecule has 2 heterocycles. The molecule has 1 aromatic carbocycles. The lowest BCUT2D eigenvalue weighted by Crippen LogP contribution is -2.48. The van der Waals surface area contributed by atoms with E-state index >= 15 is 0 Å². The van der Waals surface area contributed by atoms with Gasteiger partial charge in [0, 0.05) is 17.0 Å². The first-order valence-corrected chi connectivity index (χ1v) is 9.26. The van der Waals surface area contributed by atoms with Crippen LogP contribution in [0.3, 0.4) is 0 Å². The van der Waals surface area contributed by atoms with Crippen molar-refractivity contribution in [2.75, 3.05) is 11.1 Å². The molecule has 3 rings (SSSR count). The number of thioether (sulfide) groups is 1. The molecule has 0 aliphatic carbocycles. The molecular weight excluding hydrogens is 368 g/mol. The van der Waals surface area contributed by atoms with Crippen LogP contribution in [-0.2, 0) is 14.4 Å². The third kappa shape index (κ3) is 4.59. The summed E-state index contributed by atoms with van der Waals surface area (Å²) >= 11 is 1.28. The molecule has 140 valence electrons. The van der Waals surface area contributed by atoms with Gasteiger partial charge >= 0.3 is 0 Å². The average molecular weight is 386 g/mol. The van der Waals surface area contributed by atoms with E-state index < -0.39 is 23.6 Å². The third-order valence-electron chi connectivity index (χ3n) is 3.63. The number of carbonyl (C=O) groups is 3. The van der Waals surface area contributed by atoms with E-state index in [4.69, 9.17) is 0 Å². The normalized spacial score (nSPS) is 16.9. The SMILES string of the molecule is CC(C)CSC1=NC(=O)C(C(=O)Nc2ccc(-c3cn[nH]n3)cc2)C(=O)N1. The van der Waals surface area contributed by atoms with Gasteiger partial charge in [-0.3, -0.25) is 14.4 Å². The molecule has 2 aromatic rings. The summed E-state index contributed by atoms with van der Waals surface area (Å²) in [6.45, 7) is 4.04. The van der Waals surface area contributed by atoms with Gasteiger partial charge in [0.05, 0.1) is 6.20 Å². The minimum absolute atomic E-state index is 0.236. The van der Waals surface area contributed by atoms with Gasteiger partial charge in [-0.05, 0) is 18.1 Å². The number of nitrogens with zero attached hydrogens (tertiary/aromatic N) is 3. The van der Waals surface area contributed by atoms with E-state index in [0.717, 1.165) is 5.56 Å². The van der Waals surface area contributed by atoms with Gasteiger partial charge in [-0.15, -0.1) is 0 Å². The lowest BCUT2D eigenvalue weighted by molar-refractivity contribution is -0.139. The highest BCUT2D eigenvalue weighted by atomic mass is 32.2. The number of benzene rings is 1. The van der Waals surface area contributed by atoms with Gasteiger partial charge in [0.2, 0.25) is 11.8 Å². The Kier molecular flexibility index (Phi) is 5.65. The predicted molar refractivity (Wildman–Crippen MR) is 102 cm³/mol. The van der Waals surface area contributed by atoms with Crippen LogP contribution in [0.5, 0.6) is 0 Å². The number of aromatic amines is 1. The number of hydrogen-bond donors (Lipinski definition) is 3. The van der Waals surface area contributed by atoms with Gasteiger partial charge in [0.1, 0.15) is 5.69 Å². The van der Waals surface area contributed by atoms with E-state index in [1.807, 2.05) is 13.8 Å². The number of amidine groups is 1. The summed E-state index contributed by atoms with van der Waals surface area (Å²) in [4.78, 5) is 40.6. The van der Waals surface area contributed by atoms with Gasteiger partial charge in [-0.2, -0.15) is 20.4 Å². The second-order valence-corrected chi connectivity index (χ2v) is 7.31. The smallest absolute Gasteiger partial charge is 0.270 e. The molecule has 0 spiro atoms. The molecule has 3 N–H and O–H groups in total. The van der Waals surface area contributed by atoms with Crippen LogP contribution in [0.2, 0.25) is 0 Å². The zero-order valence-electron chi connectivity index (χ0n) is 14.7. The maximum Gasteiger partial charge on any atom is 0.270 e. The number of amides is 3. The Hall–Kier alpha value is -3.01. The van der Waals surface area contributed by atoms with Crippen LogP contribution in [0, 0.1) is 11.8 Å². The van der Waals surface area contributed by atoms with Crippen LogP contribution in [0.25, 0.3) is 11.3 Å². The van der Waals surface area contributed by atoms with E-state index in [-0.39, 0.29) is 5.17 Å². The van der Waals surface area contributed by atoms with Crippen molar-refractivity contribution in [3.63, 3.8) is 0 Å². The molecule has 9 nitrogen and oxygen atoms in total. The second-order valence-electron chi connectivity index (χ2n) is 6.30. The maximum absolute atomic E-state index is 12.4. The minimum Gasteiger partial charge on any atom is -0.325 e. The third-order valence-corrected chi connectivity index (χ3v) is 4.93. The van der Waals surface area contributed by atoms with Crippen molar-refractivity contribution in [3.8, 4) is 11.3 Å². The highest BCUT2D eigenvalue weighted by Crippen LogP contribution is 2.20. The molecule has 10 heteroatoms. The molecular formula is C17H18N6O3S. The first-order chi connectivity index (χ1) is 12.9. The lowest BCUT2D eigenvalue weighted by atomic mass is 10.1. The van der Waals surface area contributed by atoms with Crippen LogP contribution in [0.4, 0.5) is 5.69 Å².